The van der Waals surface area contributed by atoms with Crippen molar-refractivity contribution in [1.29, 1.82) is 0 Å². The number of carbonyl (C=O) groups excluding carboxylic acids is 2. The average molecular weight is 1360 g/mol. The summed E-state index contributed by atoms with van der Waals surface area (Å²) in [5, 5.41) is 6.71. The van der Waals surface area contributed by atoms with Crippen LogP contribution >= 0.6 is 38.6 Å². The smallest absolute Gasteiger partial charge is 0.417 e. The molecule has 0 amide bonds. The Morgan fingerprint density at radius 3 is 1.33 bits per heavy atom. The molecule has 8 aromatic rings. The molecule has 0 radical (unpaired) electrons. The molecule has 442 valence electrons. The second-order valence-electron chi connectivity index (χ2n) is 20.3. The van der Waals surface area contributed by atoms with E-state index >= 15 is 0 Å². The Balaban J connectivity index is 0.000000172. The topological polar surface area (TPSA) is 180 Å². The molecule has 0 bridgehead atoms. The van der Waals surface area contributed by atoms with Gasteiger partial charge in [-0.05, 0) is 67.9 Å². The van der Waals surface area contributed by atoms with Crippen LogP contribution < -0.4 is 14.5 Å². The first-order valence-electron chi connectivity index (χ1n) is 27.7. The fourth-order valence-electron chi connectivity index (χ4n) is 9.26. The van der Waals surface area contributed by atoms with Gasteiger partial charge in [0.1, 0.15) is 22.8 Å². The van der Waals surface area contributed by atoms with Crippen LogP contribution in [-0.4, -0.2) is 84.4 Å². The Bertz CT molecular complexity index is 3440. The number of pyridine rings is 2. The van der Waals surface area contributed by atoms with E-state index < -0.39 is 53.8 Å². The van der Waals surface area contributed by atoms with E-state index in [0.29, 0.717) is 40.3 Å². The number of hydrogen-bond acceptors (Lipinski definition) is 16. The molecule has 2 saturated carbocycles. The Hall–Kier alpha value is -6.44. The molecule has 6 heterocycles. The fraction of sp³-hybridized carbons (Fsp3) is 0.367. The summed E-state index contributed by atoms with van der Waals surface area (Å²) in [6, 6.07) is 20.6. The van der Waals surface area contributed by atoms with Crippen LogP contribution in [0.15, 0.2) is 114 Å². The third-order valence-corrected chi connectivity index (χ3v) is 31.5. The average Bonchev–Trinajstić information content (AvgIpc) is 3.70. The summed E-state index contributed by atoms with van der Waals surface area (Å²) in [6.07, 6.45) is 11.6. The summed E-state index contributed by atoms with van der Waals surface area (Å²) in [4.78, 5) is 61.3. The monoisotopic (exact) mass is 1360 g/mol. The number of benzene rings is 2. The second-order valence-corrected chi connectivity index (χ2v) is 36.1. The summed E-state index contributed by atoms with van der Waals surface area (Å²) < 4.78 is 94.4. The molecular formula is C60H63BrF6N10O4S2Sn. The van der Waals surface area contributed by atoms with Gasteiger partial charge in [0, 0.05) is 55.7 Å². The summed E-state index contributed by atoms with van der Waals surface area (Å²) >= 11 is 3.91. The van der Waals surface area contributed by atoms with Gasteiger partial charge in [0.2, 0.25) is 0 Å². The van der Waals surface area contributed by atoms with Crippen LogP contribution in [-0.2, 0) is 21.8 Å². The minimum atomic E-state index is -4.64. The molecule has 10 rings (SSSR count). The van der Waals surface area contributed by atoms with Crippen LogP contribution in [0.25, 0.3) is 33.9 Å². The van der Waals surface area contributed by atoms with Gasteiger partial charge in [-0.25, -0.2) is 39.5 Å². The molecule has 84 heavy (non-hydrogen) atoms. The van der Waals surface area contributed by atoms with Crippen LogP contribution in [0, 0.1) is 0 Å². The van der Waals surface area contributed by atoms with Gasteiger partial charge in [0.05, 0.1) is 36.7 Å². The molecule has 0 unspecified atom stereocenters. The van der Waals surface area contributed by atoms with Crippen molar-refractivity contribution in [3.8, 4) is 33.9 Å². The van der Waals surface area contributed by atoms with Crippen LogP contribution in [0.3, 0.4) is 0 Å². The van der Waals surface area contributed by atoms with Gasteiger partial charge in [0.25, 0.3) is 0 Å². The van der Waals surface area contributed by atoms with Crippen LogP contribution in [0.1, 0.15) is 138 Å². The van der Waals surface area contributed by atoms with E-state index in [-0.39, 0.29) is 22.8 Å². The van der Waals surface area contributed by atoms with E-state index in [4.69, 9.17) is 15.0 Å². The van der Waals surface area contributed by atoms with E-state index in [2.05, 4.69) is 81.7 Å². The standard InChI is InChI=1S/C24H18F3N5O2S.C20H15BrF3N3O2S.C4H3N2.3C4H9.Sn/c1-34-22(33)17-11-16(24(25,26)27)12-30-21(17)32-23-31-18(19(35-23)14-5-6-14)13-3-7-15(8-4-13)20-28-9-2-10-29-20;1-29-18(28)14-8-12(20(22,23)24)9-25-17(14)27-19-26-15(16(30-19)11-2-3-11)10-4-6-13(21)7-5-10;1-2-5-4-6-3-1;3*1-3-4-2;/h2-4,7-12,14H,5-6H2,1H3,(H,30,31,32);4-9,11H,2-3H2,1H3,(H,25,26,27);1-3H;3*1,3-4H2,2H3;. The van der Waals surface area contributed by atoms with Gasteiger partial charge in [-0.1, -0.05) is 52.3 Å². The van der Waals surface area contributed by atoms with E-state index in [1.54, 1.807) is 18.5 Å². The largest absolute Gasteiger partial charge is 0.465 e. The molecule has 2 fully saturated rings. The third-order valence-electron chi connectivity index (χ3n) is 14.1. The summed E-state index contributed by atoms with van der Waals surface area (Å²) in [7, 11) is 2.20. The number of hydrogen-bond donors (Lipinski definition) is 2. The molecule has 24 heteroatoms. The van der Waals surface area contributed by atoms with E-state index in [1.807, 2.05) is 67.0 Å². The number of halogens is 7. The minimum Gasteiger partial charge on any atom is -0.465 e. The van der Waals surface area contributed by atoms with Gasteiger partial charge in [-0.3, -0.25) is 0 Å². The summed E-state index contributed by atoms with van der Waals surface area (Å²) in [5.41, 5.74) is 1.62. The number of carbonyl (C=O) groups is 2. The third kappa shape index (κ3) is 16.7. The number of esters is 2. The number of aromatic nitrogens is 8. The Morgan fingerprint density at radius 2 is 0.964 bits per heavy atom. The Labute approximate surface area is 504 Å². The first-order valence-corrected chi connectivity index (χ1v) is 37.6. The molecule has 2 aliphatic carbocycles. The van der Waals surface area contributed by atoms with Gasteiger partial charge < -0.3 is 20.1 Å². The number of unbranched alkanes of at least 4 members (excludes halogenated alkanes) is 3. The predicted molar refractivity (Wildman–Crippen MR) is 322 cm³/mol. The number of rotatable bonds is 21. The number of thiazole rings is 2. The maximum Gasteiger partial charge on any atom is 0.417 e. The zero-order valence-corrected chi connectivity index (χ0v) is 53.0. The first kappa shape index (κ1) is 63.6. The van der Waals surface area contributed by atoms with Crippen molar-refractivity contribution in [3.63, 3.8) is 0 Å². The molecule has 2 aromatic carbocycles. The zero-order valence-electron chi connectivity index (χ0n) is 46.9. The Morgan fingerprint density at radius 1 is 0.583 bits per heavy atom. The molecule has 2 aliphatic rings. The number of nitrogens with zero attached hydrogens (tertiary/aromatic N) is 8. The number of methoxy groups -OCH3 is 2. The predicted octanol–water partition coefficient (Wildman–Crippen LogP) is 17.0. The van der Waals surface area contributed by atoms with E-state index in [0.717, 1.165) is 94.3 Å². The number of nitrogens with one attached hydrogen (secondary N) is 2. The first-order chi connectivity index (χ1) is 40.4. The van der Waals surface area contributed by atoms with E-state index in [9.17, 15) is 35.9 Å². The molecule has 6 aromatic heterocycles. The van der Waals surface area contributed by atoms with Crippen molar-refractivity contribution >= 4 is 94.7 Å². The van der Waals surface area contributed by atoms with Crippen molar-refractivity contribution < 1.29 is 45.4 Å². The van der Waals surface area contributed by atoms with Gasteiger partial charge in [-0.2, -0.15) is 26.3 Å². The summed E-state index contributed by atoms with van der Waals surface area (Å²) in [5.74, 6) is -0.524. The Kier molecular flexibility index (Phi) is 22.0. The normalized spacial score (nSPS) is 13.2. The fourth-order valence-corrected chi connectivity index (χ4v) is 26.7. The van der Waals surface area contributed by atoms with Crippen molar-refractivity contribution in [3.05, 3.63) is 146 Å². The second kappa shape index (κ2) is 29.1. The van der Waals surface area contributed by atoms with Crippen LogP contribution in [0.2, 0.25) is 13.3 Å². The van der Waals surface area contributed by atoms with E-state index in [1.165, 1.54) is 78.3 Å². The molecule has 14 nitrogen and oxygen atoms in total. The van der Waals surface area contributed by atoms with Gasteiger partial charge in [-0.15, -0.1) is 22.7 Å². The molecule has 0 saturated heterocycles. The van der Waals surface area contributed by atoms with Crippen LogP contribution in [0.5, 0.6) is 0 Å². The SMILES string of the molecule is CCC[CH2][Sn]([CH2]CCC)([CH2]CCC)[c]1ncccn1.COC(=O)c1cc(C(F)(F)F)cnc1Nc1nc(-c2ccc(-c3ncccn3)cc2)c(C2CC2)s1.COC(=O)c1cc(C(F)(F)F)cnc1Nc1nc(-c2ccc(Br)cc2)c(C2CC2)s1. The quantitative estimate of drug-likeness (QED) is 0.0394. The van der Waals surface area contributed by atoms with Crippen molar-refractivity contribution in [2.75, 3.05) is 24.9 Å². The number of ether oxygens (including phenoxy) is 2. The van der Waals surface area contributed by atoms with Crippen molar-refractivity contribution in [1.82, 2.24) is 39.9 Å². The van der Waals surface area contributed by atoms with Crippen LogP contribution in [0.4, 0.5) is 48.2 Å². The molecule has 0 spiro atoms. The zero-order chi connectivity index (χ0) is 60.0. The van der Waals surface area contributed by atoms with Gasteiger partial charge in [0.15, 0.2) is 16.1 Å². The number of alkyl halides is 6. The maximum absolute atomic E-state index is 13.1. The number of anilines is 4. The molecule has 2 N–H and O–H groups in total. The molecular weight excluding hydrogens is 1300 g/mol. The van der Waals surface area contributed by atoms with Gasteiger partial charge >= 0.3 is 148 Å². The molecule has 0 atom stereocenters. The summed E-state index contributed by atoms with van der Waals surface area (Å²) in [6.45, 7) is 6.92. The van der Waals surface area contributed by atoms with Crippen molar-refractivity contribution in [2.24, 2.45) is 0 Å². The van der Waals surface area contributed by atoms with Crippen molar-refractivity contribution in [2.45, 2.75) is 122 Å². The molecule has 0 aliphatic heterocycles. The minimum absolute atomic E-state index is 0.0340. The maximum atomic E-state index is 13.1.